The summed E-state index contributed by atoms with van der Waals surface area (Å²) in [6.07, 6.45) is 0. The first kappa shape index (κ1) is 15.9. The summed E-state index contributed by atoms with van der Waals surface area (Å²) in [5.41, 5.74) is 0.606. The molecule has 0 fully saturated rings. The summed E-state index contributed by atoms with van der Waals surface area (Å²) in [5, 5.41) is 12.7. The van der Waals surface area contributed by atoms with E-state index in [0.29, 0.717) is 10.7 Å². The zero-order chi connectivity index (χ0) is 16.1. The van der Waals surface area contributed by atoms with Crippen LogP contribution in [0.15, 0.2) is 42.5 Å². The van der Waals surface area contributed by atoms with E-state index in [1.54, 1.807) is 31.2 Å². The molecule has 0 heterocycles. The highest BCUT2D eigenvalue weighted by Gasteiger charge is 2.16. The van der Waals surface area contributed by atoms with Gasteiger partial charge in [-0.3, -0.25) is 4.79 Å². The van der Waals surface area contributed by atoms with Crippen LogP contribution in [0.25, 0.3) is 0 Å². The van der Waals surface area contributed by atoms with Gasteiger partial charge in [-0.15, -0.1) is 0 Å². The number of benzene rings is 2. The second-order valence-corrected chi connectivity index (χ2v) is 4.79. The van der Waals surface area contributed by atoms with Crippen molar-refractivity contribution in [2.75, 3.05) is 11.9 Å². The van der Waals surface area contributed by atoms with E-state index in [4.69, 9.17) is 16.3 Å². The number of nitrogens with one attached hydrogen (secondary N) is 1. The number of para-hydroxylation sites is 1. The molecule has 0 atom stereocenters. The standard InChI is InChI=1S/C16H14ClNO4/c1-2-22-16(21)11-9-10(7-8-14(11)19)15(20)18-13-6-4-3-5-12(13)17/h3-9,19H,2H2,1H3,(H,18,20). The molecule has 0 saturated heterocycles. The molecule has 0 radical (unpaired) electrons. The van der Waals surface area contributed by atoms with E-state index < -0.39 is 11.9 Å². The van der Waals surface area contributed by atoms with E-state index in [1.165, 1.54) is 18.2 Å². The molecule has 0 bridgehead atoms. The maximum absolute atomic E-state index is 12.2. The Morgan fingerprint density at radius 3 is 2.64 bits per heavy atom. The Bertz CT molecular complexity index is 715. The molecular formula is C16H14ClNO4. The summed E-state index contributed by atoms with van der Waals surface area (Å²) in [4.78, 5) is 23.9. The van der Waals surface area contributed by atoms with Crippen molar-refractivity contribution in [1.82, 2.24) is 0 Å². The van der Waals surface area contributed by atoms with Gasteiger partial charge >= 0.3 is 5.97 Å². The zero-order valence-corrected chi connectivity index (χ0v) is 12.6. The second kappa shape index (κ2) is 6.95. The normalized spacial score (nSPS) is 10.1. The number of carbonyl (C=O) groups is 2. The highest BCUT2D eigenvalue weighted by molar-refractivity contribution is 6.33. The molecule has 1 amide bonds. The monoisotopic (exact) mass is 319 g/mol. The molecule has 2 aromatic carbocycles. The molecule has 0 aliphatic carbocycles. The van der Waals surface area contributed by atoms with Gasteiger partial charge in [0, 0.05) is 5.56 Å². The third kappa shape index (κ3) is 3.56. The van der Waals surface area contributed by atoms with Gasteiger partial charge in [0.2, 0.25) is 0 Å². The number of phenolic OH excluding ortho intramolecular Hbond substituents is 1. The van der Waals surface area contributed by atoms with Gasteiger partial charge in [-0.05, 0) is 37.3 Å². The third-order valence-electron chi connectivity index (χ3n) is 2.88. The molecule has 2 rings (SSSR count). The lowest BCUT2D eigenvalue weighted by molar-refractivity contribution is 0.0523. The van der Waals surface area contributed by atoms with Crippen LogP contribution < -0.4 is 5.32 Å². The number of rotatable bonds is 4. The van der Waals surface area contributed by atoms with Crippen LogP contribution in [0.2, 0.25) is 5.02 Å². The van der Waals surface area contributed by atoms with Gasteiger partial charge in [0.15, 0.2) is 0 Å². The number of aromatic hydroxyl groups is 1. The third-order valence-corrected chi connectivity index (χ3v) is 3.21. The number of phenols is 1. The topological polar surface area (TPSA) is 75.6 Å². The molecule has 0 aromatic heterocycles. The van der Waals surface area contributed by atoms with E-state index in [0.717, 1.165) is 0 Å². The van der Waals surface area contributed by atoms with Crippen LogP contribution in [0.4, 0.5) is 5.69 Å². The first-order valence-electron chi connectivity index (χ1n) is 6.59. The minimum absolute atomic E-state index is 0.0614. The molecule has 0 aliphatic rings. The molecule has 2 N–H and O–H groups in total. The predicted octanol–water partition coefficient (Wildman–Crippen LogP) is 3.47. The minimum atomic E-state index is -0.688. The maximum Gasteiger partial charge on any atom is 0.341 e. The molecule has 5 nitrogen and oxygen atoms in total. The van der Waals surface area contributed by atoms with Crippen molar-refractivity contribution in [3.05, 3.63) is 58.6 Å². The number of carbonyl (C=O) groups excluding carboxylic acids is 2. The van der Waals surface area contributed by atoms with Crippen LogP contribution in [0, 0.1) is 0 Å². The fourth-order valence-electron chi connectivity index (χ4n) is 1.81. The lowest BCUT2D eigenvalue weighted by atomic mass is 10.1. The largest absolute Gasteiger partial charge is 0.507 e. The van der Waals surface area contributed by atoms with E-state index in [2.05, 4.69) is 5.32 Å². The molecule has 0 unspecified atom stereocenters. The van der Waals surface area contributed by atoms with Crippen LogP contribution in [0.5, 0.6) is 5.75 Å². The quantitative estimate of drug-likeness (QED) is 0.846. The average Bonchev–Trinajstić information content (AvgIpc) is 2.50. The maximum atomic E-state index is 12.2. The molecular weight excluding hydrogens is 306 g/mol. The first-order chi connectivity index (χ1) is 10.5. The SMILES string of the molecule is CCOC(=O)c1cc(C(=O)Nc2ccccc2Cl)ccc1O. The van der Waals surface area contributed by atoms with E-state index in [-0.39, 0.29) is 23.5 Å². The molecule has 0 aliphatic heterocycles. The lowest BCUT2D eigenvalue weighted by Gasteiger charge is -2.09. The van der Waals surface area contributed by atoms with Gasteiger partial charge in [-0.25, -0.2) is 4.79 Å². The van der Waals surface area contributed by atoms with Gasteiger partial charge in [-0.2, -0.15) is 0 Å². The molecule has 22 heavy (non-hydrogen) atoms. The number of hydrogen-bond donors (Lipinski definition) is 2. The number of halogens is 1. The Labute approximate surface area is 132 Å². The molecule has 2 aromatic rings. The van der Waals surface area contributed by atoms with Gasteiger partial charge < -0.3 is 15.2 Å². The predicted molar refractivity (Wildman–Crippen MR) is 83.5 cm³/mol. The number of ether oxygens (including phenoxy) is 1. The van der Waals surface area contributed by atoms with Crippen molar-refractivity contribution in [3.8, 4) is 5.75 Å². The van der Waals surface area contributed by atoms with Crippen molar-refractivity contribution >= 4 is 29.2 Å². The number of esters is 1. The second-order valence-electron chi connectivity index (χ2n) is 4.39. The Morgan fingerprint density at radius 2 is 1.95 bits per heavy atom. The Kier molecular flexibility index (Phi) is 5.01. The highest BCUT2D eigenvalue weighted by Crippen LogP contribution is 2.23. The summed E-state index contributed by atoms with van der Waals surface area (Å²) in [7, 11) is 0. The van der Waals surface area contributed by atoms with Crippen molar-refractivity contribution in [2.45, 2.75) is 6.92 Å². The van der Waals surface area contributed by atoms with Crippen LogP contribution >= 0.6 is 11.6 Å². The summed E-state index contributed by atoms with van der Waals surface area (Å²) in [6, 6.07) is 10.8. The Balaban J connectivity index is 2.25. The Hall–Kier alpha value is -2.53. The average molecular weight is 320 g/mol. The fourth-order valence-corrected chi connectivity index (χ4v) is 1.99. The zero-order valence-electron chi connectivity index (χ0n) is 11.8. The fraction of sp³-hybridized carbons (Fsp3) is 0.125. The highest BCUT2D eigenvalue weighted by atomic mass is 35.5. The smallest absolute Gasteiger partial charge is 0.341 e. The van der Waals surface area contributed by atoms with Crippen LogP contribution in [-0.4, -0.2) is 23.6 Å². The van der Waals surface area contributed by atoms with E-state index >= 15 is 0 Å². The summed E-state index contributed by atoms with van der Waals surface area (Å²) in [6.45, 7) is 1.83. The minimum Gasteiger partial charge on any atom is -0.507 e. The summed E-state index contributed by atoms with van der Waals surface area (Å²) >= 11 is 5.98. The lowest BCUT2D eigenvalue weighted by Crippen LogP contribution is -2.14. The Morgan fingerprint density at radius 1 is 1.23 bits per heavy atom. The summed E-state index contributed by atoms with van der Waals surface area (Å²) in [5.74, 6) is -1.38. The van der Waals surface area contributed by atoms with Gasteiger partial charge in [0.05, 0.1) is 17.3 Å². The van der Waals surface area contributed by atoms with Crippen molar-refractivity contribution in [2.24, 2.45) is 0 Å². The van der Waals surface area contributed by atoms with Crippen molar-refractivity contribution < 1.29 is 19.4 Å². The number of amides is 1. The number of hydrogen-bond acceptors (Lipinski definition) is 4. The van der Waals surface area contributed by atoms with Crippen LogP contribution in [0.3, 0.4) is 0 Å². The number of anilines is 1. The molecule has 6 heteroatoms. The first-order valence-corrected chi connectivity index (χ1v) is 6.96. The molecule has 114 valence electrons. The van der Waals surface area contributed by atoms with Crippen molar-refractivity contribution in [3.63, 3.8) is 0 Å². The molecule has 0 saturated carbocycles. The summed E-state index contributed by atoms with van der Waals surface area (Å²) < 4.78 is 4.83. The van der Waals surface area contributed by atoms with E-state index in [9.17, 15) is 14.7 Å². The van der Waals surface area contributed by atoms with Gasteiger partial charge in [-0.1, -0.05) is 23.7 Å². The van der Waals surface area contributed by atoms with Gasteiger partial charge in [0.1, 0.15) is 11.3 Å². The molecule has 0 spiro atoms. The van der Waals surface area contributed by atoms with Gasteiger partial charge in [0.25, 0.3) is 5.91 Å². The van der Waals surface area contributed by atoms with E-state index in [1.807, 2.05) is 0 Å². The van der Waals surface area contributed by atoms with Crippen LogP contribution in [0.1, 0.15) is 27.6 Å². The van der Waals surface area contributed by atoms with Crippen molar-refractivity contribution in [1.29, 1.82) is 0 Å². The van der Waals surface area contributed by atoms with Crippen LogP contribution in [-0.2, 0) is 4.74 Å².